The van der Waals surface area contributed by atoms with Crippen molar-refractivity contribution in [2.24, 2.45) is 0 Å². The highest BCUT2D eigenvalue weighted by atomic mass is 35.5. The van der Waals surface area contributed by atoms with E-state index in [9.17, 15) is 13.6 Å². The zero-order valence-electron chi connectivity index (χ0n) is 8.71. The van der Waals surface area contributed by atoms with Gasteiger partial charge in [0, 0.05) is 17.3 Å². The Hall–Kier alpha value is -1.74. The fraction of sp³-hybridized carbons (Fsp3) is 0.300. The molecule has 0 amide bonds. The van der Waals surface area contributed by atoms with Crippen molar-refractivity contribution < 1.29 is 18.3 Å². The van der Waals surface area contributed by atoms with Gasteiger partial charge in [0.05, 0.1) is 18.6 Å². The number of aromatic nitrogens is 1. The average Bonchev–Trinajstić information content (AvgIpc) is 2.28. The van der Waals surface area contributed by atoms with E-state index < -0.39 is 24.4 Å². The zero-order chi connectivity index (χ0) is 13.0. The van der Waals surface area contributed by atoms with Gasteiger partial charge in [-0.15, -0.1) is 0 Å². The quantitative estimate of drug-likeness (QED) is 0.782. The number of ether oxygens (including phenoxy) is 1. The second-order valence-corrected chi connectivity index (χ2v) is 3.42. The highest BCUT2D eigenvalue weighted by Crippen LogP contribution is 2.31. The molecule has 0 aliphatic rings. The molecule has 1 aromatic heterocycles. The second-order valence-electron chi connectivity index (χ2n) is 3.01. The normalized spacial score (nSPS) is 10.1. The number of nitrogens with zero attached hydrogens (tertiary/aromatic N) is 2. The summed E-state index contributed by atoms with van der Waals surface area (Å²) in [5, 5.41) is 8.47. The SMILES string of the molecule is COC(=O)Cc1c(C#N)ncc(Cl)c1C(F)F. The van der Waals surface area contributed by atoms with Gasteiger partial charge in [-0.3, -0.25) is 4.79 Å². The summed E-state index contributed by atoms with van der Waals surface area (Å²) in [6.07, 6.45) is -2.40. The molecule has 0 atom stereocenters. The summed E-state index contributed by atoms with van der Waals surface area (Å²) in [7, 11) is 1.12. The molecule has 1 heterocycles. The van der Waals surface area contributed by atoms with Gasteiger partial charge in [0.2, 0.25) is 0 Å². The van der Waals surface area contributed by atoms with E-state index in [1.54, 1.807) is 6.07 Å². The number of methoxy groups -OCH3 is 1. The zero-order valence-corrected chi connectivity index (χ0v) is 9.46. The minimum Gasteiger partial charge on any atom is -0.469 e. The van der Waals surface area contributed by atoms with Gasteiger partial charge in [-0.1, -0.05) is 11.6 Å². The predicted octanol–water partition coefficient (Wildman–Crippen LogP) is 2.26. The van der Waals surface area contributed by atoms with Gasteiger partial charge in [-0.2, -0.15) is 5.26 Å². The van der Waals surface area contributed by atoms with Gasteiger partial charge < -0.3 is 4.74 Å². The van der Waals surface area contributed by atoms with Crippen molar-refractivity contribution in [3.63, 3.8) is 0 Å². The van der Waals surface area contributed by atoms with Crippen LogP contribution in [-0.2, 0) is 16.0 Å². The standard InChI is InChI=1S/C10H7ClF2N2O2/c1-17-8(16)2-5-7(3-14)15-4-6(11)9(5)10(12)13/h4,10H,2H2,1H3. The van der Waals surface area contributed by atoms with Crippen LogP contribution in [0.15, 0.2) is 6.20 Å². The molecule has 4 nitrogen and oxygen atoms in total. The molecule has 7 heteroatoms. The molecule has 0 aromatic carbocycles. The van der Waals surface area contributed by atoms with Crippen LogP contribution in [0.5, 0.6) is 0 Å². The van der Waals surface area contributed by atoms with Crippen molar-refractivity contribution >= 4 is 17.6 Å². The molecule has 0 saturated heterocycles. The van der Waals surface area contributed by atoms with Crippen LogP contribution < -0.4 is 0 Å². The molecular formula is C10H7ClF2N2O2. The number of nitriles is 1. The molecule has 0 fully saturated rings. The van der Waals surface area contributed by atoms with Gasteiger partial charge in [-0.05, 0) is 0 Å². The van der Waals surface area contributed by atoms with E-state index in [0.29, 0.717) is 0 Å². The number of esters is 1. The first-order valence-corrected chi connectivity index (χ1v) is 4.81. The Morgan fingerprint density at radius 2 is 2.35 bits per heavy atom. The monoisotopic (exact) mass is 260 g/mol. The van der Waals surface area contributed by atoms with Gasteiger partial charge in [0.1, 0.15) is 11.8 Å². The third kappa shape index (κ3) is 2.88. The first kappa shape index (κ1) is 13.3. The summed E-state index contributed by atoms with van der Waals surface area (Å²) < 4.78 is 29.9. The highest BCUT2D eigenvalue weighted by molar-refractivity contribution is 6.31. The maximum Gasteiger partial charge on any atom is 0.310 e. The Morgan fingerprint density at radius 3 is 2.82 bits per heavy atom. The van der Waals surface area contributed by atoms with E-state index in [-0.39, 0.29) is 16.3 Å². The number of alkyl halides is 2. The first-order valence-electron chi connectivity index (χ1n) is 4.43. The Balaban J connectivity index is 3.36. The molecule has 0 bridgehead atoms. The number of hydrogen-bond donors (Lipinski definition) is 0. The summed E-state index contributed by atoms with van der Waals surface area (Å²) in [5.41, 5.74) is -0.999. The van der Waals surface area contributed by atoms with Crippen molar-refractivity contribution in [3.8, 4) is 6.07 Å². The van der Waals surface area contributed by atoms with Crippen LogP contribution in [0.2, 0.25) is 5.02 Å². The lowest BCUT2D eigenvalue weighted by Gasteiger charge is -2.10. The first-order chi connectivity index (χ1) is 8.01. The van der Waals surface area contributed by atoms with Gasteiger partial charge >= 0.3 is 5.97 Å². The third-order valence-electron chi connectivity index (χ3n) is 2.05. The van der Waals surface area contributed by atoms with Gasteiger partial charge in [-0.25, -0.2) is 13.8 Å². The minimum absolute atomic E-state index is 0.193. The Bertz CT molecular complexity index is 486. The molecule has 0 N–H and O–H groups in total. The Kier molecular flexibility index (Phi) is 4.35. The number of halogens is 3. The fourth-order valence-corrected chi connectivity index (χ4v) is 1.51. The average molecular weight is 261 g/mol. The molecule has 0 aliphatic heterocycles. The molecule has 0 spiro atoms. The summed E-state index contributed by atoms with van der Waals surface area (Å²) in [6.45, 7) is 0. The lowest BCUT2D eigenvalue weighted by atomic mass is 10.0. The van der Waals surface area contributed by atoms with Crippen LogP contribution in [-0.4, -0.2) is 18.1 Å². The molecule has 90 valence electrons. The molecule has 0 aliphatic carbocycles. The second kappa shape index (κ2) is 5.55. The summed E-state index contributed by atoms with van der Waals surface area (Å²) in [4.78, 5) is 14.7. The molecule has 0 unspecified atom stereocenters. The van der Waals surface area contributed by atoms with Crippen molar-refractivity contribution in [3.05, 3.63) is 28.0 Å². The molecule has 1 rings (SSSR count). The van der Waals surface area contributed by atoms with E-state index >= 15 is 0 Å². The number of carbonyl (C=O) groups is 1. The highest BCUT2D eigenvalue weighted by Gasteiger charge is 2.23. The Morgan fingerprint density at radius 1 is 1.71 bits per heavy atom. The Labute approximate surface area is 101 Å². The van der Waals surface area contributed by atoms with Crippen LogP contribution in [0.25, 0.3) is 0 Å². The lowest BCUT2D eigenvalue weighted by Crippen LogP contribution is -2.10. The summed E-state index contributed by atoms with van der Waals surface area (Å²) in [6, 6.07) is 1.64. The number of hydrogen-bond acceptors (Lipinski definition) is 4. The van der Waals surface area contributed by atoms with Crippen LogP contribution >= 0.6 is 11.6 Å². The van der Waals surface area contributed by atoms with Crippen molar-refractivity contribution in [1.82, 2.24) is 4.98 Å². The van der Waals surface area contributed by atoms with Crippen LogP contribution in [0.1, 0.15) is 23.2 Å². The minimum atomic E-state index is -2.89. The van der Waals surface area contributed by atoms with E-state index in [4.69, 9.17) is 16.9 Å². The third-order valence-corrected chi connectivity index (χ3v) is 2.35. The van der Waals surface area contributed by atoms with E-state index in [0.717, 1.165) is 13.3 Å². The van der Waals surface area contributed by atoms with Crippen LogP contribution in [0.3, 0.4) is 0 Å². The smallest absolute Gasteiger partial charge is 0.310 e. The maximum atomic E-state index is 12.8. The van der Waals surface area contributed by atoms with Crippen molar-refractivity contribution in [2.75, 3.05) is 7.11 Å². The largest absolute Gasteiger partial charge is 0.469 e. The van der Waals surface area contributed by atoms with E-state index in [2.05, 4.69) is 9.72 Å². The van der Waals surface area contributed by atoms with Gasteiger partial charge in [0.25, 0.3) is 6.43 Å². The molecule has 0 saturated carbocycles. The van der Waals surface area contributed by atoms with E-state index in [1.807, 2.05) is 0 Å². The van der Waals surface area contributed by atoms with Crippen molar-refractivity contribution in [1.29, 1.82) is 5.26 Å². The molecular weight excluding hydrogens is 254 g/mol. The molecule has 0 radical (unpaired) electrons. The summed E-state index contributed by atoms with van der Waals surface area (Å²) in [5.74, 6) is -0.743. The number of pyridine rings is 1. The maximum absolute atomic E-state index is 12.8. The topological polar surface area (TPSA) is 63.0 Å². The van der Waals surface area contributed by atoms with Crippen molar-refractivity contribution in [2.45, 2.75) is 12.8 Å². The number of carbonyl (C=O) groups excluding carboxylic acids is 1. The lowest BCUT2D eigenvalue weighted by molar-refractivity contribution is -0.139. The van der Waals surface area contributed by atoms with E-state index in [1.165, 1.54) is 0 Å². The van der Waals surface area contributed by atoms with Crippen LogP contribution in [0.4, 0.5) is 8.78 Å². The van der Waals surface area contributed by atoms with Crippen LogP contribution in [0, 0.1) is 11.3 Å². The fourth-order valence-electron chi connectivity index (χ4n) is 1.27. The molecule has 1 aromatic rings. The number of rotatable bonds is 3. The van der Waals surface area contributed by atoms with Gasteiger partial charge in [0.15, 0.2) is 0 Å². The predicted molar refractivity (Wildman–Crippen MR) is 54.6 cm³/mol. The summed E-state index contributed by atoms with van der Waals surface area (Å²) >= 11 is 5.58. The molecule has 17 heavy (non-hydrogen) atoms.